The van der Waals surface area contributed by atoms with E-state index in [0.717, 1.165) is 17.7 Å². The van der Waals surface area contributed by atoms with Crippen molar-refractivity contribution >= 4 is 0 Å². The molecule has 0 saturated heterocycles. The number of nitrogens with two attached hydrogens (primary N) is 1. The van der Waals surface area contributed by atoms with Crippen molar-refractivity contribution in [1.82, 2.24) is 15.1 Å². The van der Waals surface area contributed by atoms with E-state index in [2.05, 4.69) is 15.1 Å². The van der Waals surface area contributed by atoms with Crippen molar-refractivity contribution in [2.45, 2.75) is 32.7 Å². The first-order chi connectivity index (χ1) is 8.04. The molecule has 2 aromatic rings. The molecule has 5 nitrogen and oxygen atoms in total. The smallest absolute Gasteiger partial charge is 0.246 e. The molecule has 2 heterocycles. The molecule has 0 aliphatic rings. The van der Waals surface area contributed by atoms with Gasteiger partial charge in [0.1, 0.15) is 5.69 Å². The van der Waals surface area contributed by atoms with E-state index in [-0.39, 0.29) is 0 Å². The lowest BCUT2D eigenvalue weighted by atomic mass is 10.0. The molecule has 0 spiro atoms. The lowest BCUT2D eigenvalue weighted by molar-refractivity contribution is 0.291. The fraction of sp³-hybridized carbons (Fsp3) is 0.417. The van der Waals surface area contributed by atoms with Gasteiger partial charge in [0.05, 0.1) is 5.54 Å². The first kappa shape index (κ1) is 11.7. The number of aromatic nitrogens is 3. The van der Waals surface area contributed by atoms with Crippen molar-refractivity contribution in [3.05, 3.63) is 29.8 Å². The van der Waals surface area contributed by atoms with Gasteiger partial charge < -0.3 is 10.3 Å². The van der Waals surface area contributed by atoms with Gasteiger partial charge in [-0.3, -0.25) is 4.98 Å². The predicted molar refractivity (Wildman–Crippen MR) is 64.1 cm³/mol. The second-order valence-corrected chi connectivity index (χ2v) is 4.36. The summed E-state index contributed by atoms with van der Waals surface area (Å²) in [5.74, 6) is 0.934. The van der Waals surface area contributed by atoms with Crippen molar-refractivity contribution < 1.29 is 4.52 Å². The maximum Gasteiger partial charge on any atom is 0.246 e. The van der Waals surface area contributed by atoms with Gasteiger partial charge in [-0.05, 0) is 31.9 Å². The molecule has 0 aliphatic heterocycles. The Bertz CT molecular complexity index is 519. The average Bonchev–Trinajstić information content (AvgIpc) is 2.79. The number of nitrogens with zero attached hydrogens (tertiary/aromatic N) is 3. The maximum atomic E-state index is 6.05. The lowest BCUT2D eigenvalue weighted by Crippen LogP contribution is -2.32. The van der Waals surface area contributed by atoms with Crippen LogP contribution in [-0.2, 0) is 5.54 Å². The Morgan fingerprint density at radius 3 is 2.88 bits per heavy atom. The molecule has 0 amide bonds. The fourth-order valence-corrected chi connectivity index (χ4v) is 1.42. The number of pyridine rings is 1. The number of hydrogen-bond acceptors (Lipinski definition) is 5. The third kappa shape index (κ3) is 2.19. The van der Waals surface area contributed by atoms with Crippen LogP contribution >= 0.6 is 0 Å². The zero-order chi connectivity index (χ0) is 12.5. The van der Waals surface area contributed by atoms with E-state index >= 15 is 0 Å². The number of rotatable bonds is 3. The second-order valence-electron chi connectivity index (χ2n) is 4.36. The van der Waals surface area contributed by atoms with E-state index < -0.39 is 5.54 Å². The van der Waals surface area contributed by atoms with Crippen molar-refractivity contribution in [2.24, 2.45) is 5.73 Å². The van der Waals surface area contributed by atoms with Crippen LogP contribution in [0.3, 0.4) is 0 Å². The molecule has 0 bridgehead atoms. The Labute approximate surface area is 100 Å². The standard InChI is InChI=1S/C12H16N4O/c1-4-12(3,13)11-15-10(16-17-11)9-8(2)6-5-7-14-9/h5-7H,4,13H2,1-3H3. The molecule has 1 unspecified atom stereocenters. The molecule has 90 valence electrons. The maximum absolute atomic E-state index is 6.05. The Morgan fingerprint density at radius 2 is 2.24 bits per heavy atom. The molecular formula is C12H16N4O. The van der Waals surface area contributed by atoms with Crippen molar-refractivity contribution in [2.75, 3.05) is 0 Å². The van der Waals surface area contributed by atoms with Gasteiger partial charge in [-0.15, -0.1) is 0 Å². The first-order valence-electron chi connectivity index (χ1n) is 5.59. The summed E-state index contributed by atoms with van der Waals surface area (Å²) < 4.78 is 5.20. The summed E-state index contributed by atoms with van der Waals surface area (Å²) in [5.41, 5.74) is 7.20. The zero-order valence-electron chi connectivity index (χ0n) is 10.3. The van der Waals surface area contributed by atoms with E-state index in [0.29, 0.717) is 11.7 Å². The van der Waals surface area contributed by atoms with Crippen LogP contribution in [0.1, 0.15) is 31.7 Å². The molecule has 2 aromatic heterocycles. The average molecular weight is 232 g/mol. The number of hydrogen-bond donors (Lipinski definition) is 1. The van der Waals surface area contributed by atoms with Crippen LogP contribution in [0.25, 0.3) is 11.5 Å². The quantitative estimate of drug-likeness (QED) is 0.876. The summed E-state index contributed by atoms with van der Waals surface area (Å²) in [7, 11) is 0. The van der Waals surface area contributed by atoms with Gasteiger partial charge in [-0.2, -0.15) is 4.98 Å². The lowest BCUT2D eigenvalue weighted by Gasteiger charge is -2.16. The minimum absolute atomic E-state index is 0.444. The molecule has 0 radical (unpaired) electrons. The van der Waals surface area contributed by atoms with E-state index in [9.17, 15) is 0 Å². The molecule has 5 heteroatoms. The van der Waals surface area contributed by atoms with Crippen LogP contribution in [0.5, 0.6) is 0 Å². The normalized spacial score (nSPS) is 14.6. The van der Waals surface area contributed by atoms with Gasteiger partial charge >= 0.3 is 0 Å². The highest BCUT2D eigenvalue weighted by atomic mass is 16.5. The Hall–Kier alpha value is -1.75. The monoisotopic (exact) mass is 232 g/mol. The second kappa shape index (κ2) is 4.25. The minimum atomic E-state index is -0.589. The van der Waals surface area contributed by atoms with Crippen molar-refractivity contribution in [1.29, 1.82) is 0 Å². The Balaban J connectivity index is 2.40. The minimum Gasteiger partial charge on any atom is -0.337 e. The Kier molecular flexibility index (Phi) is 2.93. The Morgan fingerprint density at radius 1 is 1.47 bits per heavy atom. The zero-order valence-corrected chi connectivity index (χ0v) is 10.3. The highest BCUT2D eigenvalue weighted by molar-refractivity contribution is 5.53. The van der Waals surface area contributed by atoms with Crippen LogP contribution in [0.4, 0.5) is 0 Å². The topological polar surface area (TPSA) is 77.8 Å². The number of aryl methyl sites for hydroxylation is 1. The fourth-order valence-electron chi connectivity index (χ4n) is 1.42. The molecular weight excluding hydrogens is 216 g/mol. The predicted octanol–water partition coefficient (Wildman–Crippen LogP) is 2.02. The van der Waals surface area contributed by atoms with Crippen LogP contribution < -0.4 is 5.73 Å². The van der Waals surface area contributed by atoms with Crippen molar-refractivity contribution in [3.8, 4) is 11.5 Å². The molecule has 1 atom stereocenters. The molecule has 0 aromatic carbocycles. The summed E-state index contributed by atoms with van der Waals surface area (Å²) in [6.07, 6.45) is 2.44. The summed E-state index contributed by atoms with van der Waals surface area (Å²) >= 11 is 0. The van der Waals surface area contributed by atoms with E-state index in [4.69, 9.17) is 10.3 Å². The van der Waals surface area contributed by atoms with E-state index in [1.54, 1.807) is 6.20 Å². The van der Waals surface area contributed by atoms with E-state index in [1.807, 2.05) is 32.9 Å². The van der Waals surface area contributed by atoms with Crippen LogP contribution in [-0.4, -0.2) is 15.1 Å². The third-order valence-electron chi connectivity index (χ3n) is 2.87. The highest BCUT2D eigenvalue weighted by Crippen LogP contribution is 2.23. The molecule has 0 aliphatic carbocycles. The summed E-state index contributed by atoms with van der Waals surface area (Å²) in [6, 6.07) is 3.83. The van der Waals surface area contributed by atoms with Gasteiger partial charge in [0.15, 0.2) is 0 Å². The van der Waals surface area contributed by atoms with Gasteiger partial charge in [0.25, 0.3) is 0 Å². The molecule has 0 fully saturated rings. The van der Waals surface area contributed by atoms with Crippen LogP contribution in [0.2, 0.25) is 0 Å². The van der Waals surface area contributed by atoms with Crippen LogP contribution in [0, 0.1) is 6.92 Å². The van der Waals surface area contributed by atoms with Gasteiger partial charge in [0, 0.05) is 6.20 Å². The van der Waals surface area contributed by atoms with Gasteiger partial charge in [0.2, 0.25) is 11.7 Å². The third-order valence-corrected chi connectivity index (χ3v) is 2.87. The SMILES string of the molecule is CCC(C)(N)c1nc(-c2ncccc2C)no1. The summed E-state index contributed by atoms with van der Waals surface area (Å²) in [4.78, 5) is 8.56. The molecule has 0 saturated carbocycles. The molecule has 2 N–H and O–H groups in total. The summed E-state index contributed by atoms with van der Waals surface area (Å²) in [6.45, 7) is 5.81. The van der Waals surface area contributed by atoms with Gasteiger partial charge in [-0.25, -0.2) is 0 Å². The van der Waals surface area contributed by atoms with Crippen molar-refractivity contribution in [3.63, 3.8) is 0 Å². The first-order valence-corrected chi connectivity index (χ1v) is 5.59. The van der Waals surface area contributed by atoms with Crippen LogP contribution in [0.15, 0.2) is 22.9 Å². The highest BCUT2D eigenvalue weighted by Gasteiger charge is 2.26. The molecule has 2 rings (SSSR count). The summed E-state index contributed by atoms with van der Waals surface area (Å²) in [5, 5.41) is 3.93. The van der Waals surface area contributed by atoms with E-state index in [1.165, 1.54) is 0 Å². The molecule has 17 heavy (non-hydrogen) atoms. The largest absolute Gasteiger partial charge is 0.337 e. The van der Waals surface area contributed by atoms with Gasteiger partial charge in [-0.1, -0.05) is 18.1 Å².